The lowest BCUT2D eigenvalue weighted by Gasteiger charge is -2.11. The number of nitrogens with zero attached hydrogens (tertiary/aromatic N) is 1. The van der Waals surface area contributed by atoms with E-state index in [1.165, 1.54) is 17.5 Å². The molecule has 1 unspecified atom stereocenters. The first-order chi connectivity index (χ1) is 7.13. The molecule has 0 N–H and O–H groups in total. The van der Waals surface area contributed by atoms with Gasteiger partial charge in [0, 0.05) is 6.54 Å². The van der Waals surface area contributed by atoms with Gasteiger partial charge in [0.25, 0.3) is 0 Å². The summed E-state index contributed by atoms with van der Waals surface area (Å²) in [7, 11) is 4.24. The molecule has 0 aliphatic carbocycles. The fraction of sp³-hybridized carbons (Fsp3) is 0.571. The summed E-state index contributed by atoms with van der Waals surface area (Å²) in [5.41, 5.74) is 2.90. The summed E-state index contributed by atoms with van der Waals surface area (Å²) < 4.78 is 0. The zero-order valence-electron chi connectivity index (χ0n) is 10.5. The zero-order valence-corrected chi connectivity index (χ0v) is 10.5. The first-order valence-electron chi connectivity index (χ1n) is 5.87. The van der Waals surface area contributed by atoms with Crippen LogP contribution >= 0.6 is 0 Å². The predicted octanol–water partition coefficient (Wildman–Crippen LogP) is 3.30. The normalized spacial score (nSPS) is 13.1. The Balaban J connectivity index is 2.56. The van der Waals surface area contributed by atoms with Gasteiger partial charge < -0.3 is 4.90 Å². The fourth-order valence-corrected chi connectivity index (χ4v) is 1.60. The Morgan fingerprint density at radius 2 is 1.73 bits per heavy atom. The molecule has 1 aromatic rings. The Labute approximate surface area is 94.1 Å². The summed E-state index contributed by atoms with van der Waals surface area (Å²) in [5, 5.41) is 0. The van der Waals surface area contributed by atoms with Crippen LogP contribution in [0.4, 0.5) is 0 Å². The van der Waals surface area contributed by atoms with Crippen molar-refractivity contribution in [2.45, 2.75) is 32.6 Å². The molecule has 0 saturated heterocycles. The maximum Gasteiger partial charge on any atom is 0.00157 e. The summed E-state index contributed by atoms with van der Waals surface area (Å²) in [4.78, 5) is 2.22. The number of rotatable bonds is 5. The summed E-state index contributed by atoms with van der Waals surface area (Å²) in [6.45, 7) is 5.65. The van der Waals surface area contributed by atoms with Gasteiger partial charge in [0.05, 0.1) is 0 Å². The lowest BCUT2D eigenvalue weighted by molar-refractivity contribution is 0.413. The minimum absolute atomic E-state index is 0.688. The minimum Gasteiger partial charge on any atom is -0.309 e. The molecule has 15 heavy (non-hydrogen) atoms. The van der Waals surface area contributed by atoms with Gasteiger partial charge in [0.2, 0.25) is 0 Å². The minimum atomic E-state index is 0.688. The molecule has 0 amide bonds. The maximum absolute atomic E-state index is 2.29. The van der Waals surface area contributed by atoms with E-state index >= 15 is 0 Å². The van der Waals surface area contributed by atoms with Crippen molar-refractivity contribution >= 4 is 0 Å². The van der Waals surface area contributed by atoms with Crippen molar-refractivity contribution in [3.63, 3.8) is 0 Å². The maximum atomic E-state index is 2.29. The lowest BCUT2D eigenvalue weighted by atomic mass is 9.97. The van der Waals surface area contributed by atoms with Crippen molar-refractivity contribution in [1.29, 1.82) is 0 Å². The van der Waals surface area contributed by atoms with Crippen molar-refractivity contribution in [2.24, 2.45) is 0 Å². The highest BCUT2D eigenvalue weighted by molar-refractivity contribution is 5.25. The standard InChI is InChI=1S/C14H23N/c1-5-12(2)14-8-6-13(7-9-14)10-11-15(3)4/h6-9,12H,5,10-11H2,1-4H3. The molecule has 0 radical (unpaired) electrons. The molecular weight excluding hydrogens is 182 g/mol. The van der Waals surface area contributed by atoms with Crippen molar-refractivity contribution < 1.29 is 0 Å². The first kappa shape index (κ1) is 12.3. The van der Waals surface area contributed by atoms with Crippen LogP contribution in [0.5, 0.6) is 0 Å². The van der Waals surface area contributed by atoms with Crippen molar-refractivity contribution in [2.75, 3.05) is 20.6 Å². The number of hydrogen-bond donors (Lipinski definition) is 0. The van der Waals surface area contributed by atoms with Gasteiger partial charge in [-0.25, -0.2) is 0 Å². The molecule has 0 fully saturated rings. The highest BCUT2D eigenvalue weighted by Gasteiger charge is 2.02. The molecule has 1 atom stereocenters. The molecule has 1 heteroatoms. The largest absolute Gasteiger partial charge is 0.309 e. The second-order valence-corrected chi connectivity index (χ2v) is 4.60. The van der Waals surface area contributed by atoms with E-state index in [0.29, 0.717) is 5.92 Å². The van der Waals surface area contributed by atoms with Crippen LogP contribution in [0.15, 0.2) is 24.3 Å². The van der Waals surface area contributed by atoms with E-state index in [9.17, 15) is 0 Å². The van der Waals surface area contributed by atoms with Gasteiger partial charge in [0.15, 0.2) is 0 Å². The van der Waals surface area contributed by atoms with Crippen molar-refractivity contribution in [3.8, 4) is 0 Å². The zero-order chi connectivity index (χ0) is 11.3. The van der Waals surface area contributed by atoms with Gasteiger partial charge in [-0.3, -0.25) is 0 Å². The third-order valence-corrected chi connectivity index (χ3v) is 3.01. The SMILES string of the molecule is CCC(C)c1ccc(CCN(C)C)cc1. The van der Waals surface area contributed by atoms with Crippen molar-refractivity contribution in [1.82, 2.24) is 4.90 Å². The molecule has 0 aromatic heterocycles. The Morgan fingerprint density at radius 1 is 1.13 bits per heavy atom. The van der Waals surface area contributed by atoms with Gasteiger partial charge in [-0.2, -0.15) is 0 Å². The Kier molecular flexibility index (Phi) is 4.83. The molecular formula is C14H23N. The summed E-state index contributed by atoms with van der Waals surface area (Å²) in [6.07, 6.45) is 2.37. The Hall–Kier alpha value is -0.820. The average molecular weight is 205 g/mol. The number of likely N-dealkylation sites (N-methyl/N-ethyl adjacent to an activating group) is 1. The van der Waals surface area contributed by atoms with Gasteiger partial charge in [-0.15, -0.1) is 0 Å². The molecule has 1 aromatic carbocycles. The molecule has 0 bridgehead atoms. The van der Waals surface area contributed by atoms with Gasteiger partial charge in [-0.1, -0.05) is 38.1 Å². The van der Waals surface area contributed by atoms with Gasteiger partial charge >= 0.3 is 0 Å². The fourth-order valence-electron chi connectivity index (χ4n) is 1.60. The topological polar surface area (TPSA) is 3.24 Å². The molecule has 0 aliphatic rings. The van der Waals surface area contributed by atoms with Crippen LogP contribution in [-0.4, -0.2) is 25.5 Å². The van der Waals surface area contributed by atoms with Crippen LogP contribution in [0.1, 0.15) is 37.3 Å². The highest BCUT2D eigenvalue weighted by Crippen LogP contribution is 2.18. The molecule has 1 nitrogen and oxygen atoms in total. The van der Waals surface area contributed by atoms with E-state index in [2.05, 4.69) is 57.1 Å². The number of hydrogen-bond acceptors (Lipinski definition) is 1. The van der Waals surface area contributed by atoms with E-state index in [1.54, 1.807) is 0 Å². The van der Waals surface area contributed by atoms with E-state index in [0.717, 1.165) is 13.0 Å². The van der Waals surface area contributed by atoms with Crippen molar-refractivity contribution in [3.05, 3.63) is 35.4 Å². The Bertz CT molecular complexity index is 274. The van der Waals surface area contributed by atoms with E-state index in [4.69, 9.17) is 0 Å². The lowest BCUT2D eigenvalue weighted by Crippen LogP contribution is -2.14. The van der Waals surface area contributed by atoms with Gasteiger partial charge in [-0.05, 0) is 44.0 Å². The van der Waals surface area contributed by atoms with Crippen LogP contribution in [0.25, 0.3) is 0 Å². The Morgan fingerprint density at radius 3 is 2.20 bits per heavy atom. The summed E-state index contributed by atoms with van der Waals surface area (Å²) in [5.74, 6) is 0.688. The van der Waals surface area contributed by atoms with Crippen LogP contribution in [-0.2, 0) is 6.42 Å². The van der Waals surface area contributed by atoms with Crippen LogP contribution < -0.4 is 0 Å². The van der Waals surface area contributed by atoms with Crippen LogP contribution in [0, 0.1) is 0 Å². The second-order valence-electron chi connectivity index (χ2n) is 4.60. The van der Waals surface area contributed by atoms with Crippen LogP contribution in [0.3, 0.4) is 0 Å². The molecule has 0 saturated carbocycles. The first-order valence-corrected chi connectivity index (χ1v) is 5.87. The molecule has 84 valence electrons. The quantitative estimate of drug-likeness (QED) is 0.713. The molecule has 0 spiro atoms. The van der Waals surface area contributed by atoms with E-state index in [-0.39, 0.29) is 0 Å². The third-order valence-electron chi connectivity index (χ3n) is 3.01. The molecule has 0 aliphatic heterocycles. The van der Waals surface area contributed by atoms with Gasteiger partial charge in [0.1, 0.15) is 0 Å². The summed E-state index contributed by atoms with van der Waals surface area (Å²) in [6, 6.07) is 9.09. The highest BCUT2D eigenvalue weighted by atomic mass is 15.0. The molecule has 1 rings (SSSR count). The third kappa shape index (κ3) is 4.05. The second kappa shape index (κ2) is 5.92. The predicted molar refractivity (Wildman–Crippen MR) is 67.4 cm³/mol. The monoisotopic (exact) mass is 205 g/mol. The van der Waals surface area contributed by atoms with E-state index < -0.39 is 0 Å². The van der Waals surface area contributed by atoms with Crippen LogP contribution in [0.2, 0.25) is 0 Å². The summed E-state index contributed by atoms with van der Waals surface area (Å²) >= 11 is 0. The molecule has 0 heterocycles. The smallest absolute Gasteiger partial charge is 0.00157 e. The number of benzene rings is 1. The van der Waals surface area contributed by atoms with E-state index in [1.807, 2.05) is 0 Å². The average Bonchev–Trinajstić information content (AvgIpc) is 2.26.